The van der Waals surface area contributed by atoms with Crippen LogP contribution < -0.4 is 5.32 Å². The number of hydrogen-bond acceptors (Lipinski definition) is 2. The number of alkyl halides is 3. The van der Waals surface area contributed by atoms with Gasteiger partial charge < -0.3 is 5.32 Å². The zero-order valence-corrected chi connectivity index (χ0v) is 15.5. The number of amides is 1. The summed E-state index contributed by atoms with van der Waals surface area (Å²) in [7, 11) is 1.33. The molecule has 0 bridgehead atoms. The molecule has 0 saturated heterocycles. The van der Waals surface area contributed by atoms with Crippen LogP contribution in [-0.2, 0) is 24.2 Å². The van der Waals surface area contributed by atoms with E-state index < -0.39 is 28.9 Å². The van der Waals surface area contributed by atoms with E-state index in [2.05, 4.69) is 15.3 Å². The van der Waals surface area contributed by atoms with Gasteiger partial charge >= 0.3 is 11.7 Å². The Morgan fingerprint density at radius 1 is 1.33 bits per heavy atom. The molecule has 1 aromatic carbocycles. The Morgan fingerprint density at radius 2 is 2.00 bits per heavy atom. The van der Waals surface area contributed by atoms with Crippen LogP contribution in [0.15, 0.2) is 24.4 Å². The average Bonchev–Trinajstić information content (AvgIpc) is 3.05. The van der Waals surface area contributed by atoms with Gasteiger partial charge in [-0.15, -0.1) is 0 Å². The third kappa shape index (κ3) is 3.07. The minimum Gasteiger partial charge on any atom is -0.321 e. The molecule has 1 aliphatic carbocycles. The summed E-state index contributed by atoms with van der Waals surface area (Å²) in [5.41, 5.74) is -0.656. The van der Waals surface area contributed by atoms with Crippen LogP contribution in [0.2, 0.25) is 0 Å². The smallest absolute Gasteiger partial charge is 0.321 e. The zero-order valence-electron chi connectivity index (χ0n) is 15.5. The number of halogens is 3. The van der Waals surface area contributed by atoms with E-state index in [1.54, 1.807) is 12.1 Å². The molecule has 142 valence electrons. The quantitative estimate of drug-likeness (QED) is 0.835. The second-order valence-electron chi connectivity index (χ2n) is 7.71. The molecule has 0 aliphatic heterocycles. The van der Waals surface area contributed by atoms with Gasteiger partial charge in [0.15, 0.2) is 5.69 Å². The van der Waals surface area contributed by atoms with Gasteiger partial charge in [0.1, 0.15) is 0 Å². The number of aromatic nitrogens is 2. The van der Waals surface area contributed by atoms with E-state index in [1.165, 1.54) is 7.05 Å². The first-order valence-corrected chi connectivity index (χ1v) is 8.37. The van der Waals surface area contributed by atoms with Crippen molar-refractivity contribution in [2.24, 2.45) is 7.05 Å². The Kier molecular flexibility index (Phi) is 4.10. The Balaban J connectivity index is 2.06. The molecule has 0 radical (unpaired) electrons. The van der Waals surface area contributed by atoms with Crippen molar-refractivity contribution in [2.45, 2.75) is 44.3 Å². The molecule has 1 amide bonds. The molecule has 0 spiro atoms. The standard InChI is InChI=1S/C19H19F3N4O/c1-17(2)10-18(3,23-4)14-12(17)7-6-8-13(14)24-16(27)11-9-26(5)25-15(11)19(20,21)22/h4,6-9H,10H2,1-3,5H3/p+1/t18-/m0/s1. The molecule has 2 aromatic rings. The Morgan fingerprint density at radius 3 is 2.59 bits per heavy atom. The van der Waals surface area contributed by atoms with Crippen LogP contribution in [-0.4, -0.2) is 15.7 Å². The average molecular weight is 377 g/mol. The van der Waals surface area contributed by atoms with Crippen molar-refractivity contribution in [3.63, 3.8) is 0 Å². The van der Waals surface area contributed by atoms with E-state index >= 15 is 0 Å². The summed E-state index contributed by atoms with van der Waals surface area (Å²) >= 11 is 0. The number of carbonyl (C=O) groups is 1. The van der Waals surface area contributed by atoms with Crippen molar-refractivity contribution in [1.29, 1.82) is 0 Å². The summed E-state index contributed by atoms with van der Waals surface area (Å²) in [6.07, 6.45) is -3.05. The molecule has 5 nitrogen and oxygen atoms in total. The highest BCUT2D eigenvalue weighted by molar-refractivity contribution is 6.05. The van der Waals surface area contributed by atoms with Gasteiger partial charge in [-0.2, -0.15) is 18.3 Å². The maximum atomic E-state index is 13.2. The molecule has 0 fully saturated rings. The largest absolute Gasteiger partial charge is 0.435 e. The Hall–Kier alpha value is -2.82. The molecule has 1 aromatic heterocycles. The molecule has 3 rings (SSSR count). The lowest BCUT2D eigenvalue weighted by molar-refractivity contribution is -0.141. The van der Waals surface area contributed by atoms with Gasteiger partial charge in [-0.25, -0.2) is 0 Å². The second-order valence-corrected chi connectivity index (χ2v) is 7.71. The summed E-state index contributed by atoms with van der Waals surface area (Å²) in [5, 5.41) is 5.98. The lowest BCUT2D eigenvalue weighted by atomic mass is 9.85. The normalized spacial score (nSPS) is 20.8. The van der Waals surface area contributed by atoms with Crippen molar-refractivity contribution in [2.75, 3.05) is 5.32 Å². The van der Waals surface area contributed by atoms with Gasteiger partial charge in [-0.1, -0.05) is 30.8 Å². The predicted octanol–water partition coefficient (Wildman–Crippen LogP) is 4.55. The fourth-order valence-corrected chi connectivity index (χ4v) is 4.01. The van der Waals surface area contributed by atoms with Crippen LogP contribution in [0.3, 0.4) is 0 Å². The second kappa shape index (κ2) is 5.84. The van der Waals surface area contributed by atoms with E-state index in [0.717, 1.165) is 22.0 Å². The summed E-state index contributed by atoms with van der Waals surface area (Å²) in [4.78, 5) is 16.6. The van der Waals surface area contributed by atoms with Crippen LogP contribution in [0, 0.1) is 6.57 Å². The molecule has 1 heterocycles. The lowest BCUT2D eigenvalue weighted by Crippen LogP contribution is -2.21. The summed E-state index contributed by atoms with van der Waals surface area (Å²) in [5.74, 6) is -0.882. The number of fused-ring (bicyclic) bond motifs is 1. The number of rotatable bonds is 2. The van der Waals surface area contributed by atoms with Gasteiger partial charge in [0.25, 0.3) is 12.5 Å². The van der Waals surface area contributed by atoms with E-state index in [1.807, 2.05) is 26.8 Å². The van der Waals surface area contributed by atoms with E-state index in [-0.39, 0.29) is 5.41 Å². The number of aryl methyl sites for hydroxylation is 1. The molecule has 1 atom stereocenters. The van der Waals surface area contributed by atoms with Gasteiger partial charge in [0.05, 0.1) is 16.8 Å². The maximum absolute atomic E-state index is 13.2. The van der Waals surface area contributed by atoms with E-state index in [9.17, 15) is 18.0 Å². The van der Waals surface area contributed by atoms with Gasteiger partial charge in [0.2, 0.25) is 0 Å². The molecule has 8 heteroatoms. The Bertz CT molecular complexity index is 968. The van der Waals surface area contributed by atoms with Crippen molar-refractivity contribution in [3.8, 4) is 6.57 Å². The number of anilines is 1. The van der Waals surface area contributed by atoms with E-state index in [4.69, 9.17) is 6.57 Å². The molecule has 1 aliphatic rings. The highest BCUT2D eigenvalue weighted by Crippen LogP contribution is 2.53. The van der Waals surface area contributed by atoms with Crippen molar-refractivity contribution in [3.05, 3.63) is 51.6 Å². The van der Waals surface area contributed by atoms with Crippen LogP contribution in [0.1, 0.15) is 54.4 Å². The third-order valence-corrected chi connectivity index (χ3v) is 4.99. The number of nitrogens with zero attached hydrogens (tertiary/aromatic N) is 3. The minimum absolute atomic E-state index is 0.237. The number of benzene rings is 1. The minimum atomic E-state index is -4.73. The molecule has 27 heavy (non-hydrogen) atoms. The first-order valence-electron chi connectivity index (χ1n) is 8.37. The highest BCUT2D eigenvalue weighted by Gasteiger charge is 2.54. The first-order chi connectivity index (χ1) is 12.4. The fourth-order valence-electron chi connectivity index (χ4n) is 4.01. The van der Waals surface area contributed by atoms with Crippen molar-refractivity contribution >= 4 is 11.6 Å². The van der Waals surface area contributed by atoms with Crippen LogP contribution in [0.4, 0.5) is 18.9 Å². The number of carbonyl (C=O) groups excluding carboxylic acids is 1. The van der Waals surface area contributed by atoms with Gasteiger partial charge in [0, 0.05) is 26.6 Å². The number of nitrogens with one attached hydrogen (secondary N) is 1. The maximum Gasteiger partial charge on any atom is 0.435 e. The number of hydrogen-bond donors (Lipinski definition) is 1. The predicted molar refractivity (Wildman–Crippen MR) is 95.9 cm³/mol. The molecular formula is C19H20F3N4O+. The zero-order chi connectivity index (χ0) is 20.2. The van der Waals surface area contributed by atoms with Gasteiger partial charge in [-0.05, 0) is 17.0 Å². The van der Waals surface area contributed by atoms with E-state index in [0.29, 0.717) is 12.1 Å². The molecular weight excluding hydrogens is 357 g/mol. The van der Waals surface area contributed by atoms with Crippen molar-refractivity contribution < 1.29 is 18.0 Å². The fraction of sp³-hybridized carbons (Fsp3) is 0.421. The molecule has 1 N–H and O–H groups in total. The van der Waals surface area contributed by atoms with Crippen molar-refractivity contribution in [1.82, 2.24) is 9.78 Å². The SMILES string of the molecule is C#[N+][C@@]1(C)CC(C)(C)c2cccc(NC(=O)c3cn(C)nc3C(F)(F)F)c21. The summed E-state index contributed by atoms with van der Waals surface area (Å²) in [6.45, 7) is 11.6. The lowest BCUT2D eigenvalue weighted by Gasteiger charge is -2.18. The van der Waals surface area contributed by atoms with Gasteiger partial charge in [-0.3, -0.25) is 9.48 Å². The molecule has 0 unspecified atom stereocenters. The highest BCUT2D eigenvalue weighted by atomic mass is 19.4. The third-order valence-electron chi connectivity index (χ3n) is 4.99. The molecule has 0 saturated carbocycles. The first kappa shape index (κ1) is 19.0. The summed E-state index contributed by atoms with van der Waals surface area (Å²) in [6, 6.07) is 5.32. The van der Waals surface area contributed by atoms with Crippen LogP contribution >= 0.6 is 0 Å². The monoisotopic (exact) mass is 377 g/mol. The topological polar surface area (TPSA) is 51.3 Å². The van der Waals surface area contributed by atoms with Crippen LogP contribution in [0.25, 0.3) is 4.85 Å². The Labute approximate surface area is 155 Å². The summed E-state index contributed by atoms with van der Waals surface area (Å²) < 4.78 is 40.5. The van der Waals surface area contributed by atoms with Crippen LogP contribution in [0.5, 0.6) is 0 Å².